The SMILES string of the molecule is CC.Cc1cc2c(s1)C(=O)NCCC2c1ccc(Cl)cc1. The van der Waals surface area contributed by atoms with Crippen molar-refractivity contribution in [1.82, 2.24) is 5.32 Å². The highest BCUT2D eigenvalue weighted by molar-refractivity contribution is 7.14. The van der Waals surface area contributed by atoms with Crippen LogP contribution >= 0.6 is 22.9 Å². The van der Waals surface area contributed by atoms with Crippen LogP contribution in [-0.4, -0.2) is 12.5 Å². The molecule has 3 rings (SSSR count). The highest BCUT2D eigenvalue weighted by Gasteiger charge is 2.26. The second kappa shape index (κ2) is 7.10. The molecule has 2 heterocycles. The highest BCUT2D eigenvalue weighted by Crippen LogP contribution is 2.36. The van der Waals surface area contributed by atoms with E-state index in [0.29, 0.717) is 6.54 Å². The number of halogens is 1. The van der Waals surface area contributed by atoms with Gasteiger partial charge >= 0.3 is 0 Å². The number of aryl methyl sites for hydroxylation is 1. The maximum atomic E-state index is 12.0. The molecule has 1 aliphatic rings. The Morgan fingerprint density at radius 2 is 1.90 bits per heavy atom. The van der Waals surface area contributed by atoms with Crippen LogP contribution in [0.1, 0.15) is 51.9 Å². The van der Waals surface area contributed by atoms with Crippen molar-refractivity contribution >= 4 is 28.8 Å². The normalized spacial score (nSPS) is 17.1. The average Bonchev–Trinajstić information content (AvgIpc) is 2.82. The lowest BCUT2D eigenvalue weighted by molar-refractivity contribution is 0.0960. The Kier molecular flexibility index (Phi) is 5.43. The lowest BCUT2D eigenvalue weighted by atomic mass is 9.89. The molecule has 0 bridgehead atoms. The third kappa shape index (κ3) is 3.47. The van der Waals surface area contributed by atoms with Gasteiger partial charge in [0, 0.05) is 22.4 Å². The Morgan fingerprint density at radius 3 is 2.57 bits per heavy atom. The summed E-state index contributed by atoms with van der Waals surface area (Å²) in [6.45, 7) is 6.76. The van der Waals surface area contributed by atoms with E-state index < -0.39 is 0 Å². The molecule has 4 heteroatoms. The Balaban J connectivity index is 0.000000774. The molecule has 1 atom stereocenters. The zero-order valence-corrected chi connectivity index (χ0v) is 14.1. The molecule has 1 amide bonds. The molecule has 0 saturated carbocycles. The van der Waals surface area contributed by atoms with Gasteiger partial charge in [-0.1, -0.05) is 37.6 Å². The standard InChI is InChI=1S/C15H14ClNOS.C2H6/c1-9-8-13-12(10-2-4-11(16)5-3-10)6-7-17-15(18)14(13)19-9;1-2/h2-5,8,12H,6-7H2,1H3,(H,17,18);1-2H3. The Morgan fingerprint density at radius 1 is 1.24 bits per heavy atom. The van der Waals surface area contributed by atoms with Gasteiger partial charge in [-0.05, 0) is 42.7 Å². The molecule has 0 fully saturated rings. The molecule has 1 aliphatic heterocycles. The summed E-state index contributed by atoms with van der Waals surface area (Å²) in [6, 6.07) is 10.1. The lowest BCUT2D eigenvalue weighted by Crippen LogP contribution is -2.21. The minimum Gasteiger partial charge on any atom is -0.351 e. The molecule has 2 nitrogen and oxygen atoms in total. The second-order valence-electron chi connectivity index (χ2n) is 4.79. The van der Waals surface area contributed by atoms with Gasteiger partial charge in [0.05, 0.1) is 4.88 Å². The van der Waals surface area contributed by atoms with Crippen LogP contribution in [0.5, 0.6) is 0 Å². The number of rotatable bonds is 1. The first-order valence-electron chi connectivity index (χ1n) is 7.29. The molecule has 2 aromatic rings. The predicted octanol–water partition coefficient (Wildman–Crippen LogP) is 5.00. The fraction of sp³-hybridized carbons (Fsp3) is 0.353. The minimum absolute atomic E-state index is 0.0598. The van der Waals surface area contributed by atoms with E-state index >= 15 is 0 Å². The van der Waals surface area contributed by atoms with Crippen LogP contribution in [-0.2, 0) is 0 Å². The van der Waals surface area contributed by atoms with Crippen molar-refractivity contribution in [3.8, 4) is 0 Å². The fourth-order valence-corrected chi connectivity index (χ4v) is 3.70. The van der Waals surface area contributed by atoms with Crippen molar-refractivity contribution in [3.63, 3.8) is 0 Å². The summed E-state index contributed by atoms with van der Waals surface area (Å²) in [6.07, 6.45) is 0.927. The summed E-state index contributed by atoms with van der Waals surface area (Å²) in [7, 11) is 0. The van der Waals surface area contributed by atoms with Gasteiger partial charge in [0.15, 0.2) is 0 Å². The monoisotopic (exact) mass is 321 g/mol. The molecule has 0 saturated heterocycles. The van der Waals surface area contributed by atoms with Gasteiger partial charge in [-0.25, -0.2) is 0 Å². The summed E-state index contributed by atoms with van der Waals surface area (Å²) < 4.78 is 0. The second-order valence-corrected chi connectivity index (χ2v) is 6.48. The van der Waals surface area contributed by atoms with Crippen LogP contribution in [0.2, 0.25) is 5.02 Å². The summed E-state index contributed by atoms with van der Waals surface area (Å²) in [5, 5.41) is 3.71. The van der Waals surface area contributed by atoms with Gasteiger partial charge in [-0.3, -0.25) is 4.79 Å². The van der Waals surface area contributed by atoms with Gasteiger partial charge in [-0.15, -0.1) is 11.3 Å². The van der Waals surface area contributed by atoms with Crippen LogP contribution in [0.15, 0.2) is 30.3 Å². The number of carbonyl (C=O) groups excluding carboxylic acids is 1. The van der Waals surface area contributed by atoms with E-state index in [1.54, 1.807) is 11.3 Å². The van der Waals surface area contributed by atoms with Crippen LogP contribution in [0.3, 0.4) is 0 Å². The number of hydrogen-bond acceptors (Lipinski definition) is 2. The number of nitrogens with one attached hydrogen (secondary N) is 1. The third-order valence-corrected chi connectivity index (χ3v) is 4.77. The summed E-state index contributed by atoms with van der Waals surface area (Å²) in [4.78, 5) is 14.1. The quantitative estimate of drug-likeness (QED) is 0.786. The third-order valence-electron chi connectivity index (χ3n) is 3.46. The average molecular weight is 322 g/mol. The van der Waals surface area contributed by atoms with Crippen LogP contribution in [0.4, 0.5) is 0 Å². The number of thiophene rings is 1. The molecule has 1 aromatic carbocycles. The van der Waals surface area contributed by atoms with Crippen LogP contribution in [0, 0.1) is 6.92 Å². The first-order valence-corrected chi connectivity index (χ1v) is 8.48. The number of fused-ring (bicyclic) bond motifs is 1. The van der Waals surface area contributed by atoms with Crippen LogP contribution < -0.4 is 5.32 Å². The summed E-state index contributed by atoms with van der Waals surface area (Å²) in [5.74, 6) is 0.334. The molecule has 0 radical (unpaired) electrons. The maximum absolute atomic E-state index is 12.0. The van der Waals surface area contributed by atoms with Gasteiger partial charge in [0.1, 0.15) is 0 Å². The maximum Gasteiger partial charge on any atom is 0.261 e. The minimum atomic E-state index is 0.0598. The molecular weight excluding hydrogens is 302 g/mol. The predicted molar refractivity (Wildman–Crippen MR) is 90.6 cm³/mol. The topological polar surface area (TPSA) is 29.1 Å². The van der Waals surface area contributed by atoms with Gasteiger partial charge in [-0.2, -0.15) is 0 Å². The largest absolute Gasteiger partial charge is 0.351 e. The number of amides is 1. The van der Waals surface area contributed by atoms with Crippen molar-refractivity contribution in [3.05, 3.63) is 56.2 Å². The number of benzene rings is 1. The van der Waals surface area contributed by atoms with E-state index in [-0.39, 0.29) is 11.8 Å². The summed E-state index contributed by atoms with van der Waals surface area (Å²) >= 11 is 7.52. The van der Waals surface area contributed by atoms with Crippen molar-refractivity contribution in [2.75, 3.05) is 6.54 Å². The molecule has 1 unspecified atom stereocenters. The van der Waals surface area contributed by atoms with Gasteiger partial charge < -0.3 is 5.32 Å². The fourth-order valence-electron chi connectivity index (χ4n) is 2.58. The zero-order valence-electron chi connectivity index (χ0n) is 12.6. The molecule has 1 aromatic heterocycles. The Hall–Kier alpha value is -1.32. The van der Waals surface area contributed by atoms with E-state index in [4.69, 9.17) is 11.6 Å². The highest BCUT2D eigenvalue weighted by atomic mass is 35.5. The van der Waals surface area contributed by atoms with E-state index in [1.165, 1.54) is 10.4 Å². The first-order chi connectivity index (χ1) is 10.1. The van der Waals surface area contributed by atoms with E-state index in [2.05, 4.69) is 23.5 Å². The van der Waals surface area contributed by atoms with E-state index in [1.807, 2.05) is 32.9 Å². The molecule has 112 valence electrons. The molecule has 21 heavy (non-hydrogen) atoms. The van der Waals surface area contributed by atoms with Crippen molar-refractivity contribution in [2.24, 2.45) is 0 Å². The van der Waals surface area contributed by atoms with E-state index in [0.717, 1.165) is 21.9 Å². The van der Waals surface area contributed by atoms with Crippen molar-refractivity contribution in [2.45, 2.75) is 33.1 Å². The van der Waals surface area contributed by atoms with Gasteiger partial charge in [0.25, 0.3) is 5.91 Å². The Bertz CT molecular complexity index is 618. The summed E-state index contributed by atoms with van der Waals surface area (Å²) in [5.41, 5.74) is 2.37. The lowest BCUT2D eigenvalue weighted by Gasteiger charge is -2.15. The molecular formula is C17H20ClNOS. The number of carbonyl (C=O) groups is 1. The van der Waals surface area contributed by atoms with Crippen LogP contribution in [0.25, 0.3) is 0 Å². The first kappa shape index (κ1) is 16.1. The van der Waals surface area contributed by atoms with Crippen molar-refractivity contribution < 1.29 is 4.79 Å². The Labute approximate surface area is 135 Å². The molecule has 0 aliphatic carbocycles. The van der Waals surface area contributed by atoms with E-state index in [9.17, 15) is 4.79 Å². The number of hydrogen-bond donors (Lipinski definition) is 1. The van der Waals surface area contributed by atoms with Crippen molar-refractivity contribution in [1.29, 1.82) is 0 Å². The zero-order chi connectivity index (χ0) is 15.4. The molecule has 0 spiro atoms. The smallest absolute Gasteiger partial charge is 0.261 e. The van der Waals surface area contributed by atoms with Gasteiger partial charge in [0.2, 0.25) is 0 Å². The molecule has 1 N–H and O–H groups in total.